The van der Waals surface area contributed by atoms with Gasteiger partial charge in [-0.2, -0.15) is 0 Å². The van der Waals surface area contributed by atoms with E-state index < -0.39 is 0 Å². The third-order valence-electron chi connectivity index (χ3n) is 5.47. The molecule has 0 amide bonds. The van der Waals surface area contributed by atoms with E-state index in [1.54, 1.807) is 0 Å². The molecule has 2 aliphatic carbocycles. The van der Waals surface area contributed by atoms with Gasteiger partial charge in [-0.15, -0.1) is 0 Å². The van der Waals surface area contributed by atoms with Crippen molar-refractivity contribution in [1.29, 1.82) is 0 Å². The second-order valence-electron chi connectivity index (χ2n) is 6.65. The Bertz CT molecular complexity index is 271. The quantitative estimate of drug-likeness (QED) is 0.820. The number of hydrogen-bond acceptors (Lipinski definition) is 3. The van der Waals surface area contributed by atoms with Gasteiger partial charge in [0.05, 0.1) is 6.61 Å². The van der Waals surface area contributed by atoms with Gasteiger partial charge < -0.3 is 10.0 Å². The molecule has 18 heavy (non-hydrogen) atoms. The van der Waals surface area contributed by atoms with Crippen molar-refractivity contribution in [2.45, 2.75) is 32.1 Å². The van der Waals surface area contributed by atoms with E-state index in [2.05, 4.69) is 9.80 Å². The van der Waals surface area contributed by atoms with Gasteiger partial charge in [0, 0.05) is 26.2 Å². The van der Waals surface area contributed by atoms with Crippen molar-refractivity contribution in [3.8, 4) is 0 Å². The van der Waals surface area contributed by atoms with Crippen LogP contribution in [0.1, 0.15) is 32.1 Å². The van der Waals surface area contributed by atoms with E-state index in [1.807, 2.05) is 0 Å². The van der Waals surface area contributed by atoms with Gasteiger partial charge in [-0.1, -0.05) is 6.42 Å². The summed E-state index contributed by atoms with van der Waals surface area (Å²) in [5.74, 6) is 3.15. The van der Waals surface area contributed by atoms with Crippen LogP contribution in [0.15, 0.2) is 0 Å². The van der Waals surface area contributed by atoms with E-state index in [0.717, 1.165) is 30.8 Å². The standard InChI is InChI=1S/C15H28N2O/c18-9-8-16-4-1-5-17(7-6-16)12-15-11-13-2-3-14(15)10-13/h13-15,18H,1-12H2. The highest BCUT2D eigenvalue weighted by Crippen LogP contribution is 2.48. The Morgan fingerprint density at radius 3 is 2.50 bits per heavy atom. The monoisotopic (exact) mass is 252 g/mol. The largest absolute Gasteiger partial charge is 0.395 e. The van der Waals surface area contributed by atoms with E-state index in [4.69, 9.17) is 5.11 Å². The van der Waals surface area contributed by atoms with E-state index in [1.165, 1.54) is 58.3 Å². The first-order valence-corrected chi connectivity index (χ1v) is 7.90. The van der Waals surface area contributed by atoms with Gasteiger partial charge in [-0.3, -0.25) is 4.90 Å². The molecule has 1 aliphatic heterocycles. The summed E-state index contributed by atoms with van der Waals surface area (Å²) in [5, 5.41) is 9.02. The Labute approximate surface area is 111 Å². The van der Waals surface area contributed by atoms with Crippen LogP contribution in [0.5, 0.6) is 0 Å². The number of fused-ring (bicyclic) bond motifs is 2. The average Bonchev–Trinajstić information content (AvgIpc) is 2.91. The fourth-order valence-corrected chi connectivity index (χ4v) is 4.50. The highest BCUT2D eigenvalue weighted by atomic mass is 16.3. The molecule has 3 heteroatoms. The molecule has 0 spiro atoms. The van der Waals surface area contributed by atoms with E-state index in [9.17, 15) is 0 Å². The zero-order valence-corrected chi connectivity index (χ0v) is 11.6. The normalized spacial score (nSPS) is 38.2. The molecule has 3 fully saturated rings. The molecule has 2 saturated carbocycles. The number of aliphatic hydroxyl groups excluding tert-OH is 1. The molecule has 0 aromatic rings. The van der Waals surface area contributed by atoms with Crippen LogP contribution in [-0.4, -0.2) is 60.8 Å². The molecule has 3 aliphatic rings. The van der Waals surface area contributed by atoms with Crippen LogP contribution in [-0.2, 0) is 0 Å². The van der Waals surface area contributed by atoms with Crippen molar-refractivity contribution in [3.63, 3.8) is 0 Å². The highest BCUT2D eigenvalue weighted by molar-refractivity contribution is 4.91. The fourth-order valence-electron chi connectivity index (χ4n) is 4.50. The van der Waals surface area contributed by atoms with Gasteiger partial charge >= 0.3 is 0 Å². The summed E-state index contributed by atoms with van der Waals surface area (Å²) >= 11 is 0. The van der Waals surface area contributed by atoms with E-state index in [-0.39, 0.29) is 0 Å². The maximum atomic E-state index is 9.02. The van der Waals surface area contributed by atoms with Crippen LogP contribution in [0.3, 0.4) is 0 Å². The first-order valence-electron chi connectivity index (χ1n) is 7.90. The van der Waals surface area contributed by atoms with Gasteiger partial charge in [-0.25, -0.2) is 0 Å². The Kier molecular flexibility index (Phi) is 4.22. The maximum absolute atomic E-state index is 9.02. The lowest BCUT2D eigenvalue weighted by Gasteiger charge is -2.29. The molecule has 2 bridgehead atoms. The predicted octanol–water partition coefficient (Wildman–Crippen LogP) is 1.42. The Hall–Kier alpha value is -0.120. The lowest BCUT2D eigenvalue weighted by molar-refractivity contribution is 0.179. The molecule has 0 aromatic heterocycles. The van der Waals surface area contributed by atoms with Gasteiger partial charge in [0.1, 0.15) is 0 Å². The van der Waals surface area contributed by atoms with Gasteiger partial charge in [-0.05, 0) is 56.5 Å². The van der Waals surface area contributed by atoms with E-state index in [0.29, 0.717) is 6.61 Å². The number of aliphatic hydroxyl groups is 1. The molecule has 0 aromatic carbocycles. The van der Waals surface area contributed by atoms with Crippen LogP contribution in [0.2, 0.25) is 0 Å². The second-order valence-corrected chi connectivity index (χ2v) is 6.65. The molecule has 1 heterocycles. The molecule has 0 radical (unpaired) electrons. The summed E-state index contributed by atoms with van der Waals surface area (Å²) in [6, 6.07) is 0. The molecule has 3 rings (SSSR count). The van der Waals surface area contributed by atoms with Crippen LogP contribution >= 0.6 is 0 Å². The Morgan fingerprint density at radius 1 is 0.944 bits per heavy atom. The summed E-state index contributed by atoms with van der Waals surface area (Å²) in [6.07, 6.45) is 7.36. The summed E-state index contributed by atoms with van der Waals surface area (Å²) in [7, 11) is 0. The topological polar surface area (TPSA) is 26.7 Å². The molecule has 1 N–H and O–H groups in total. The van der Waals surface area contributed by atoms with Crippen molar-refractivity contribution in [3.05, 3.63) is 0 Å². The number of hydrogen-bond donors (Lipinski definition) is 1. The van der Waals surface area contributed by atoms with Crippen LogP contribution < -0.4 is 0 Å². The van der Waals surface area contributed by atoms with Gasteiger partial charge in [0.2, 0.25) is 0 Å². The SMILES string of the molecule is OCCN1CCCN(CC2CC3CCC2C3)CC1. The average molecular weight is 252 g/mol. The van der Waals surface area contributed by atoms with Gasteiger partial charge in [0.25, 0.3) is 0 Å². The van der Waals surface area contributed by atoms with Crippen molar-refractivity contribution in [2.24, 2.45) is 17.8 Å². The molecule has 3 nitrogen and oxygen atoms in total. The first kappa shape index (κ1) is 12.9. The lowest BCUT2D eigenvalue weighted by atomic mass is 9.88. The van der Waals surface area contributed by atoms with Gasteiger partial charge in [0.15, 0.2) is 0 Å². The fraction of sp³-hybridized carbons (Fsp3) is 1.00. The minimum Gasteiger partial charge on any atom is -0.395 e. The predicted molar refractivity (Wildman–Crippen MR) is 73.5 cm³/mol. The molecule has 104 valence electrons. The molecule has 3 unspecified atom stereocenters. The van der Waals surface area contributed by atoms with E-state index >= 15 is 0 Å². The van der Waals surface area contributed by atoms with Crippen molar-refractivity contribution >= 4 is 0 Å². The minimum atomic E-state index is 0.312. The number of rotatable bonds is 4. The highest BCUT2D eigenvalue weighted by Gasteiger charge is 2.39. The van der Waals surface area contributed by atoms with Crippen LogP contribution in [0.25, 0.3) is 0 Å². The minimum absolute atomic E-state index is 0.312. The Morgan fingerprint density at radius 2 is 1.78 bits per heavy atom. The van der Waals surface area contributed by atoms with Crippen LogP contribution in [0, 0.1) is 17.8 Å². The van der Waals surface area contributed by atoms with Crippen LogP contribution in [0.4, 0.5) is 0 Å². The van der Waals surface area contributed by atoms with Crippen molar-refractivity contribution < 1.29 is 5.11 Å². The molecule has 1 saturated heterocycles. The van der Waals surface area contributed by atoms with Crippen molar-refractivity contribution in [2.75, 3.05) is 45.9 Å². The molecule has 3 atom stereocenters. The number of nitrogens with zero attached hydrogens (tertiary/aromatic N) is 2. The zero-order valence-electron chi connectivity index (χ0n) is 11.6. The molecular weight excluding hydrogens is 224 g/mol. The summed E-state index contributed by atoms with van der Waals surface area (Å²) in [4.78, 5) is 5.11. The smallest absolute Gasteiger partial charge is 0.0558 e. The summed E-state index contributed by atoms with van der Waals surface area (Å²) < 4.78 is 0. The zero-order chi connectivity index (χ0) is 12.4. The number of β-amino-alcohol motifs (C(OH)–C–C–N with tert-alkyl or cyclic N) is 1. The lowest BCUT2D eigenvalue weighted by Crippen LogP contribution is -2.36. The maximum Gasteiger partial charge on any atom is 0.0558 e. The second kappa shape index (κ2) is 5.89. The van der Waals surface area contributed by atoms with Crippen molar-refractivity contribution in [1.82, 2.24) is 9.80 Å². The third-order valence-corrected chi connectivity index (χ3v) is 5.47. The molecular formula is C15H28N2O. The first-order chi connectivity index (χ1) is 8.85. The summed E-state index contributed by atoms with van der Waals surface area (Å²) in [5.41, 5.74) is 0. The Balaban J connectivity index is 1.45. The summed E-state index contributed by atoms with van der Waals surface area (Å²) in [6.45, 7) is 7.35. The third kappa shape index (κ3) is 2.89.